The van der Waals surface area contributed by atoms with Gasteiger partial charge in [0.15, 0.2) is 17.5 Å². The third kappa shape index (κ3) is 2.70. The van der Waals surface area contributed by atoms with Gasteiger partial charge in [-0.05, 0) is 30.7 Å². The summed E-state index contributed by atoms with van der Waals surface area (Å²) in [6, 6.07) is 9.31. The Morgan fingerprint density at radius 1 is 1.05 bits per heavy atom. The van der Waals surface area contributed by atoms with Gasteiger partial charge in [-0.2, -0.15) is 0 Å². The van der Waals surface area contributed by atoms with Gasteiger partial charge in [0.1, 0.15) is 0 Å². The van der Waals surface area contributed by atoms with Crippen molar-refractivity contribution in [1.82, 2.24) is 5.32 Å². The molecule has 1 unspecified atom stereocenters. The van der Waals surface area contributed by atoms with E-state index in [9.17, 15) is 13.2 Å². The molecule has 0 amide bonds. The van der Waals surface area contributed by atoms with Gasteiger partial charge < -0.3 is 5.32 Å². The number of rotatable bonds is 4. The lowest BCUT2D eigenvalue weighted by Gasteiger charge is -2.19. The molecule has 2 rings (SSSR count). The topological polar surface area (TPSA) is 12.0 Å². The lowest BCUT2D eigenvalue weighted by atomic mass is 9.96. The smallest absolute Gasteiger partial charge is 0.194 e. The third-order valence-corrected chi connectivity index (χ3v) is 3.36. The molecule has 1 nitrogen and oxygen atoms in total. The van der Waals surface area contributed by atoms with E-state index in [2.05, 4.69) is 5.32 Å². The molecule has 0 aliphatic rings. The van der Waals surface area contributed by atoms with Crippen molar-refractivity contribution in [3.63, 3.8) is 0 Å². The van der Waals surface area contributed by atoms with Crippen molar-refractivity contribution in [2.45, 2.75) is 19.4 Å². The third-order valence-electron chi connectivity index (χ3n) is 3.36. The number of benzene rings is 2. The van der Waals surface area contributed by atoms with Crippen molar-refractivity contribution < 1.29 is 13.2 Å². The summed E-state index contributed by atoms with van der Waals surface area (Å²) < 4.78 is 40.3. The fourth-order valence-electron chi connectivity index (χ4n) is 2.26. The quantitative estimate of drug-likeness (QED) is 0.835. The van der Waals surface area contributed by atoms with Crippen molar-refractivity contribution in [3.8, 4) is 0 Å². The predicted molar refractivity (Wildman–Crippen MR) is 73.0 cm³/mol. The highest BCUT2D eigenvalue weighted by atomic mass is 19.2. The maximum Gasteiger partial charge on any atom is 0.194 e. The number of halogens is 3. The summed E-state index contributed by atoms with van der Waals surface area (Å²) >= 11 is 0. The molecule has 2 aromatic carbocycles. The molecule has 0 saturated carbocycles. The van der Waals surface area contributed by atoms with Crippen LogP contribution in [0.15, 0.2) is 36.4 Å². The largest absolute Gasteiger partial charge is 0.309 e. The Morgan fingerprint density at radius 2 is 1.80 bits per heavy atom. The van der Waals surface area contributed by atoms with Gasteiger partial charge in [-0.1, -0.05) is 37.3 Å². The fourth-order valence-corrected chi connectivity index (χ4v) is 2.26. The van der Waals surface area contributed by atoms with Crippen LogP contribution in [-0.2, 0) is 6.42 Å². The van der Waals surface area contributed by atoms with Crippen LogP contribution in [0.1, 0.15) is 29.7 Å². The van der Waals surface area contributed by atoms with Gasteiger partial charge in [0.25, 0.3) is 0 Å². The Morgan fingerprint density at radius 3 is 2.45 bits per heavy atom. The number of hydrogen-bond donors (Lipinski definition) is 1. The maximum absolute atomic E-state index is 13.9. The zero-order chi connectivity index (χ0) is 14.7. The first-order valence-corrected chi connectivity index (χ1v) is 6.48. The van der Waals surface area contributed by atoms with Gasteiger partial charge in [-0.3, -0.25) is 0 Å². The normalized spacial score (nSPS) is 12.4. The summed E-state index contributed by atoms with van der Waals surface area (Å²) in [5, 5.41) is 2.94. The van der Waals surface area contributed by atoms with E-state index in [4.69, 9.17) is 0 Å². The second-order valence-corrected chi connectivity index (χ2v) is 4.58. The highest BCUT2D eigenvalue weighted by Gasteiger charge is 2.21. The lowest BCUT2D eigenvalue weighted by molar-refractivity contribution is 0.435. The zero-order valence-corrected chi connectivity index (χ0v) is 11.4. The zero-order valence-electron chi connectivity index (χ0n) is 11.4. The van der Waals surface area contributed by atoms with Crippen LogP contribution >= 0.6 is 0 Å². The monoisotopic (exact) mass is 279 g/mol. The highest BCUT2D eigenvalue weighted by Crippen LogP contribution is 2.27. The minimum absolute atomic E-state index is 0.0969. The fraction of sp³-hybridized carbons (Fsp3) is 0.250. The maximum atomic E-state index is 13.9. The van der Waals surface area contributed by atoms with E-state index in [1.54, 1.807) is 7.05 Å². The Balaban J connectivity index is 2.49. The molecule has 0 radical (unpaired) electrons. The van der Waals surface area contributed by atoms with Crippen LogP contribution in [0.2, 0.25) is 0 Å². The molecule has 0 saturated heterocycles. The standard InChI is InChI=1S/C16H16F3N/c1-3-10-5-4-6-11(9-10)16(20-2)12-7-8-13(17)15(19)14(12)18/h4-9,16,20H,3H2,1-2H3. The van der Waals surface area contributed by atoms with E-state index in [-0.39, 0.29) is 5.56 Å². The lowest BCUT2D eigenvalue weighted by Crippen LogP contribution is -2.20. The van der Waals surface area contributed by atoms with Crippen LogP contribution < -0.4 is 5.32 Å². The van der Waals surface area contributed by atoms with Gasteiger partial charge in [-0.15, -0.1) is 0 Å². The second-order valence-electron chi connectivity index (χ2n) is 4.58. The number of aryl methyl sites for hydroxylation is 1. The summed E-state index contributed by atoms with van der Waals surface area (Å²) in [5.74, 6) is -3.76. The molecule has 1 N–H and O–H groups in total. The molecule has 2 aromatic rings. The molecule has 20 heavy (non-hydrogen) atoms. The minimum atomic E-state index is -1.44. The summed E-state index contributed by atoms with van der Waals surface area (Å²) in [6.07, 6.45) is 0.852. The van der Waals surface area contributed by atoms with Crippen LogP contribution in [0.25, 0.3) is 0 Å². The molecule has 0 spiro atoms. The summed E-state index contributed by atoms with van der Waals surface area (Å²) in [6.45, 7) is 2.02. The molecular formula is C16H16F3N. The number of nitrogens with one attached hydrogen (secondary N) is 1. The van der Waals surface area contributed by atoms with Crippen molar-refractivity contribution in [1.29, 1.82) is 0 Å². The van der Waals surface area contributed by atoms with Gasteiger partial charge in [0.05, 0.1) is 6.04 Å². The first-order valence-electron chi connectivity index (χ1n) is 6.48. The van der Waals surface area contributed by atoms with Crippen LogP contribution in [-0.4, -0.2) is 7.05 Å². The van der Waals surface area contributed by atoms with E-state index < -0.39 is 23.5 Å². The molecule has 0 heterocycles. The Bertz CT molecular complexity index is 611. The molecule has 1 atom stereocenters. The van der Waals surface area contributed by atoms with Crippen LogP contribution in [0.4, 0.5) is 13.2 Å². The first-order chi connectivity index (χ1) is 9.58. The Kier molecular flexibility index (Phi) is 4.45. The van der Waals surface area contributed by atoms with Crippen molar-refractivity contribution in [2.24, 2.45) is 0 Å². The van der Waals surface area contributed by atoms with Gasteiger partial charge in [0, 0.05) is 5.56 Å². The molecule has 0 aliphatic carbocycles. The van der Waals surface area contributed by atoms with E-state index in [1.807, 2.05) is 31.2 Å². The number of hydrogen-bond acceptors (Lipinski definition) is 1. The predicted octanol–water partition coefficient (Wildman–Crippen LogP) is 3.98. The highest BCUT2D eigenvalue weighted by molar-refractivity contribution is 5.35. The molecule has 4 heteroatoms. The van der Waals surface area contributed by atoms with E-state index in [0.29, 0.717) is 0 Å². The second kappa shape index (κ2) is 6.09. The van der Waals surface area contributed by atoms with E-state index >= 15 is 0 Å². The Labute approximate surface area is 116 Å². The van der Waals surface area contributed by atoms with Crippen molar-refractivity contribution in [3.05, 3.63) is 70.5 Å². The molecule has 0 aliphatic heterocycles. The van der Waals surface area contributed by atoms with Gasteiger partial charge in [0.2, 0.25) is 0 Å². The Hall–Kier alpha value is -1.81. The summed E-state index contributed by atoms with van der Waals surface area (Å²) in [7, 11) is 1.66. The minimum Gasteiger partial charge on any atom is -0.309 e. The van der Waals surface area contributed by atoms with Crippen molar-refractivity contribution >= 4 is 0 Å². The average molecular weight is 279 g/mol. The first kappa shape index (κ1) is 14.6. The van der Waals surface area contributed by atoms with Gasteiger partial charge in [-0.25, -0.2) is 13.2 Å². The van der Waals surface area contributed by atoms with Crippen LogP contribution in [0, 0.1) is 17.5 Å². The van der Waals surface area contributed by atoms with E-state index in [1.165, 1.54) is 6.07 Å². The summed E-state index contributed by atoms with van der Waals surface area (Å²) in [5.41, 5.74) is 2.02. The summed E-state index contributed by atoms with van der Waals surface area (Å²) in [4.78, 5) is 0. The molecule has 106 valence electrons. The molecule has 0 bridgehead atoms. The van der Waals surface area contributed by atoms with Crippen LogP contribution in [0.5, 0.6) is 0 Å². The van der Waals surface area contributed by atoms with Crippen molar-refractivity contribution in [2.75, 3.05) is 7.05 Å². The van der Waals surface area contributed by atoms with Crippen LogP contribution in [0.3, 0.4) is 0 Å². The molecular weight excluding hydrogens is 263 g/mol. The van der Waals surface area contributed by atoms with E-state index in [0.717, 1.165) is 23.6 Å². The SMILES string of the molecule is CCc1cccc(C(NC)c2ccc(F)c(F)c2F)c1. The molecule has 0 aromatic heterocycles. The van der Waals surface area contributed by atoms with Gasteiger partial charge >= 0.3 is 0 Å². The molecule has 0 fully saturated rings. The average Bonchev–Trinajstić information content (AvgIpc) is 2.48.